The summed E-state index contributed by atoms with van der Waals surface area (Å²) in [7, 11) is 1.38. The summed E-state index contributed by atoms with van der Waals surface area (Å²) in [5.74, 6) is 0.978. The van der Waals surface area contributed by atoms with E-state index < -0.39 is 0 Å². The van der Waals surface area contributed by atoms with Crippen LogP contribution >= 0.6 is 0 Å². The van der Waals surface area contributed by atoms with Crippen LogP contribution in [0.4, 0.5) is 0 Å². The molecule has 1 aliphatic rings. The maximum absolute atomic E-state index is 11.4. The van der Waals surface area contributed by atoms with E-state index in [2.05, 4.69) is 20.0 Å². The number of hydrogen-bond acceptors (Lipinski definition) is 4. The van der Waals surface area contributed by atoms with Crippen molar-refractivity contribution in [1.29, 1.82) is 0 Å². The van der Waals surface area contributed by atoms with Gasteiger partial charge in [0.05, 0.1) is 7.11 Å². The lowest BCUT2D eigenvalue weighted by Gasteiger charge is -2.20. The quantitative estimate of drug-likeness (QED) is 0.733. The molecule has 1 aromatic heterocycles. The number of aromatic nitrogens is 2. The van der Waals surface area contributed by atoms with Gasteiger partial charge >= 0.3 is 5.97 Å². The number of carbonyl (C=O) groups is 1. The van der Waals surface area contributed by atoms with Gasteiger partial charge in [-0.3, -0.25) is 0 Å². The monoisotopic (exact) mass is 223 g/mol. The number of methoxy groups -OCH3 is 1. The lowest BCUT2D eigenvalue weighted by Crippen LogP contribution is -2.27. The summed E-state index contributed by atoms with van der Waals surface area (Å²) in [5, 5.41) is 3.31. The molecule has 1 fully saturated rings. The minimum atomic E-state index is -0.367. The molecule has 5 heteroatoms. The van der Waals surface area contributed by atoms with E-state index in [4.69, 9.17) is 0 Å². The molecule has 0 saturated carbocycles. The minimum absolute atomic E-state index is 0.367. The zero-order valence-electron chi connectivity index (χ0n) is 9.67. The number of nitrogens with zero attached hydrogens (tertiary/aromatic N) is 1. The van der Waals surface area contributed by atoms with E-state index in [1.807, 2.05) is 6.92 Å². The molecule has 0 aromatic carbocycles. The highest BCUT2D eigenvalue weighted by molar-refractivity contribution is 5.88. The molecule has 2 heterocycles. The number of imidazole rings is 1. The molecule has 1 aliphatic heterocycles. The second-order valence-corrected chi connectivity index (χ2v) is 4.11. The summed E-state index contributed by atoms with van der Waals surface area (Å²) in [6.07, 6.45) is 2.13. The second-order valence-electron chi connectivity index (χ2n) is 4.11. The number of ether oxygens (including phenoxy) is 1. The van der Waals surface area contributed by atoms with Gasteiger partial charge in [0, 0.05) is 11.6 Å². The van der Waals surface area contributed by atoms with Crippen LogP contribution in [0, 0.1) is 6.92 Å². The molecule has 0 atom stereocenters. The van der Waals surface area contributed by atoms with Gasteiger partial charge in [0.25, 0.3) is 0 Å². The number of aryl methyl sites for hydroxylation is 1. The Morgan fingerprint density at radius 2 is 2.12 bits per heavy atom. The van der Waals surface area contributed by atoms with Crippen LogP contribution in [0.2, 0.25) is 0 Å². The molecule has 2 rings (SSSR count). The molecule has 5 nitrogen and oxygen atoms in total. The van der Waals surface area contributed by atoms with Crippen molar-refractivity contribution >= 4 is 5.97 Å². The van der Waals surface area contributed by atoms with Crippen molar-refractivity contribution in [2.75, 3.05) is 20.2 Å². The Kier molecular flexibility index (Phi) is 3.24. The molecule has 88 valence electrons. The zero-order valence-corrected chi connectivity index (χ0v) is 9.67. The van der Waals surface area contributed by atoms with Gasteiger partial charge in [-0.2, -0.15) is 0 Å². The summed E-state index contributed by atoms with van der Waals surface area (Å²) >= 11 is 0. The van der Waals surface area contributed by atoms with Gasteiger partial charge in [-0.05, 0) is 32.9 Å². The minimum Gasteiger partial charge on any atom is -0.464 e. The van der Waals surface area contributed by atoms with Crippen LogP contribution in [0.25, 0.3) is 0 Å². The molecule has 0 bridgehead atoms. The lowest BCUT2D eigenvalue weighted by atomic mass is 9.98. The predicted molar refractivity (Wildman–Crippen MR) is 59.5 cm³/mol. The van der Waals surface area contributed by atoms with Crippen LogP contribution in [-0.4, -0.2) is 36.1 Å². The number of H-pyrrole nitrogens is 1. The molecule has 16 heavy (non-hydrogen) atoms. The Hall–Kier alpha value is -1.36. The first-order chi connectivity index (χ1) is 7.72. The summed E-state index contributed by atoms with van der Waals surface area (Å²) in [4.78, 5) is 18.9. The van der Waals surface area contributed by atoms with Crippen LogP contribution in [0.15, 0.2) is 0 Å². The van der Waals surface area contributed by atoms with Crippen molar-refractivity contribution in [2.24, 2.45) is 0 Å². The largest absolute Gasteiger partial charge is 0.464 e. The van der Waals surface area contributed by atoms with Gasteiger partial charge in [0.15, 0.2) is 5.69 Å². The summed E-state index contributed by atoms with van der Waals surface area (Å²) in [6, 6.07) is 0. The Bertz CT molecular complexity index is 381. The molecule has 0 aliphatic carbocycles. The number of esters is 1. The summed E-state index contributed by atoms with van der Waals surface area (Å²) < 4.78 is 4.68. The van der Waals surface area contributed by atoms with E-state index in [1.54, 1.807) is 0 Å². The van der Waals surface area contributed by atoms with Crippen LogP contribution < -0.4 is 5.32 Å². The Balaban J connectivity index is 2.19. The van der Waals surface area contributed by atoms with E-state index in [-0.39, 0.29) is 5.97 Å². The Labute approximate surface area is 94.6 Å². The van der Waals surface area contributed by atoms with Gasteiger partial charge in [-0.1, -0.05) is 0 Å². The molecule has 1 aromatic rings. The number of aromatic amines is 1. The Morgan fingerprint density at radius 3 is 2.75 bits per heavy atom. The number of nitrogens with one attached hydrogen (secondary N) is 2. The maximum atomic E-state index is 11.4. The van der Waals surface area contributed by atoms with Crippen molar-refractivity contribution in [1.82, 2.24) is 15.3 Å². The smallest absolute Gasteiger partial charge is 0.358 e. The molecular weight excluding hydrogens is 206 g/mol. The summed E-state index contributed by atoms with van der Waals surface area (Å²) in [6.45, 7) is 3.87. The average Bonchev–Trinajstić information content (AvgIpc) is 2.71. The number of rotatable bonds is 2. The molecule has 0 unspecified atom stereocenters. The third kappa shape index (κ3) is 2.09. The van der Waals surface area contributed by atoms with Crippen molar-refractivity contribution in [3.8, 4) is 0 Å². The fourth-order valence-corrected chi connectivity index (χ4v) is 2.07. The molecule has 2 N–H and O–H groups in total. The highest BCUT2D eigenvalue weighted by Crippen LogP contribution is 2.23. The SMILES string of the molecule is COC(=O)c1nc(C2CCNCC2)[nH]c1C. The van der Waals surface area contributed by atoms with Gasteiger partial charge in [0.1, 0.15) is 5.82 Å². The van der Waals surface area contributed by atoms with Crippen LogP contribution in [0.5, 0.6) is 0 Å². The fraction of sp³-hybridized carbons (Fsp3) is 0.636. The first kappa shape index (κ1) is 11.1. The lowest BCUT2D eigenvalue weighted by molar-refractivity contribution is 0.0593. The third-order valence-corrected chi connectivity index (χ3v) is 3.01. The predicted octanol–water partition coefficient (Wildman–Crippen LogP) is 0.972. The summed E-state index contributed by atoms with van der Waals surface area (Å²) in [5.41, 5.74) is 1.21. The highest BCUT2D eigenvalue weighted by Gasteiger charge is 2.22. The number of carbonyl (C=O) groups excluding carboxylic acids is 1. The highest BCUT2D eigenvalue weighted by atomic mass is 16.5. The zero-order chi connectivity index (χ0) is 11.5. The van der Waals surface area contributed by atoms with E-state index in [0.29, 0.717) is 11.6 Å². The molecule has 1 saturated heterocycles. The van der Waals surface area contributed by atoms with Crippen LogP contribution in [-0.2, 0) is 4.74 Å². The van der Waals surface area contributed by atoms with Gasteiger partial charge in [0.2, 0.25) is 0 Å². The third-order valence-electron chi connectivity index (χ3n) is 3.01. The van der Waals surface area contributed by atoms with Crippen molar-refractivity contribution < 1.29 is 9.53 Å². The van der Waals surface area contributed by atoms with Gasteiger partial charge in [-0.25, -0.2) is 9.78 Å². The molecule has 0 radical (unpaired) electrons. The normalized spacial score (nSPS) is 17.4. The molecular formula is C11H17N3O2. The van der Waals surface area contributed by atoms with Crippen molar-refractivity contribution in [3.63, 3.8) is 0 Å². The molecule has 0 amide bonds. The first-order valence-electron chi connectivity index (χ1n) is 5.58. The number of piperidine rings is 1. The maximum Gasteiger partial charge on any atom is 0.358 e. The number of hydrogen-bond donors (Lipinski definition) is 2. The van der Waals surface area contributed by atoms with E-state index >= 15 is 0 Å². The van der Waals surface area contributed by atoms with E-state index in [0.717, 1.165) is 37.4 Å². The van der Waals surface area contributed by atoms with Crippen molar-refractivity contribution in [2.45, 2.75) is 25.7 Å². The van der Waals surface area contributed by atoms with Crippen molar-refractivity contribution in [3.05, 3.63) is 17.2 Å². The average molecular weight is 223 g/mol. The van der Waals surface area contributed by atoms with Gasteiger partial charge in [-0.15, -0.1) is 0 Å². The fourth-order valence-electron chi connectivity index (χ4n) is 2.07. The van der Waals surface area contributed by atoms with E-state index in [1.165, 1.54) is 7.11 Å². The van der Waals surface area contributed by atoms with Crippen LogP contribution in [0.1, 0.15) is 40.8 Å². The standard InChI is InChI=1S/C11H17N3O2/c1-7-9(11(15)16-2)14-10(13-7)8-3-5-12-6-4-8/h8,12H,3-6H2,1-2H3,(H,13,14). The topological polar surface area (TPSA) is 67.0 Å². The van der Waals surface area contributed by atoms with Crippen LogP contribution in [0.3, 0.4) is 0 Å². The second kappa shape index (κ2) is 4.65. The Morgan fingerprint density at radius 1 is 1.44 bits per heavy atom. The van der Waals surface area contributed by atoms with E-state index in [9.17, 15) is 4.79 Å². The van der Waals surface area contributed by atoms with Gasteiger partial charge < -0.3 is 15.0 Å². The first-order valence-corrected chi connectivity index (χ1v) is 5.58. The molecule has 0 spiro atoms.